The Balaban J connectivity index is 2.79. The van der Waals surface area contributed by atoms with Gasteiger partial charge in [-0.3, -0.25) is 4.79 Å². The summed E-state index contributed by atoms with van der Waals surface area (Å²) >= 11 is 3.77. The summed E-state index contributed by atoms with van der Waals surface area (Å²) < 4.78 is 43.1. The first kappa shape index (κ1) is 15.1. The fourth-order valence-corrected chi connectivity index (χ4v) is 1.97. The van der Waals surface area contributed by atoms with Crippen molar-refractivity contribution >= 4 is 33.8 Å². The highest BCUT2D eigenvalue weighted by Gasteiger charge is 2.32. The molecule has 0 heterocycles. The second-order valence-electron chi connectivity index (χ2n) is 2.96. The summed E-state index contributed by atoms with van der Waals surface area (Å²) in [5, 5.41) is 8.40. The van der Waals surface area contributed by atoms with Gasteiger partial charge in [0, 0.05) is 4.47 Å². The van der Waals surface area contributed by atoms with Gasteiger partial charge in [-0.2, -0.15) is 0 Å². The lowest BCUT2D eigenvalue weighted by Crippen LogP contribution is -2.19. The number of benzene rings is 1. The first-order valence-electron chi connectivity index (χ1n) is 4.45. The maximum absolute atomic E-state index is 12.1. The molecule has 100 valence electrons. The van der Waals surface area contributed by atoms with Crippen LogP contribution in [-0.2, 0) is 4.79 Å². The molecule has 18 heavy (non-hydrogen) atoms. The van der Waals surface area contributed by atoms with Gasteiger partial charge in [-0.25, -0.2) is 4.72 Å². The van der Waals surface area contributed by atoms with Gasteiger partial charge in [-0.15, -0.1) is 13.2 Å². The van der Waals surface area contributed by atoms with Crippen LogP contribution in [0.15, 0.2) is 27.6 Å². The van der Waals surface area contributed by atoms with Crippen molar-refractivity contribution in [1.29, 1.82) is 0 Å². The van der Waals surface area contributed by atoms with Crippen LogP contribution in [0.1, 0.15) is 0 Å². The molecule has 0 unspecified atom stereocenters. The average Bonchev–Trinajstić information content (AvgIpc) is 2.18. The largest absolute Gasteiger partial charge is 0.573 e. The summed E-state index contributed by atoms with van der Waals surface area (Å²) in [6.07, 6.45) is -4.80. The number of aliphatic carboxylic acids is 1. The summed E-state index contributed by atoms with van der Waals surface area (Å²) in [7, 11) is 0. The monoisotopic (exact) mass is 345 g/mol. The number of ether oxygens (including phenoxy) is 1. The molecule has 4 nitrogen and oxygen atoms in total. The molecule has 2 N–H and O–H groups in total. The smallest absolute Gasteiger partial charge is 0.480 e. The van der Waals surface area contributed by atoms with Crippen LogP contribution in [0.2, 0.25) is 0 Å². The van der Waals surface area contributed by atoms with E-state index in [1.165, 1.54) is 12.1 Å². The van der Waals surface area contributed by atoms with Crippen LogP contribution in [0.3, 0.4) is 0 Å². The molecule has 0 saturated carbocycles. The van der Waals surface area contributed by atoms with Crippen molar-refractivity contribution < 1.29 is 27.8 Å². The average molecular weight is 346 g/mol. The van der Waals surface area contributed by atoms with Crippen LogP contribution in [0.5, 0.6) is 5.75 Å². The van der Waals surface area contributed by atoms with Gasteiger partial charge in [0.1, 0.15) is 12.3 Å². The minimum absolute atomic E-state index is 0.136. The van der Waals surface area contributed by atoms with Crippen molar-refractivity contribution in [3.05, 3.63) is 22.7 Å². The minimum atomic E-state index is -4.80. The van der Waals surface area contributed by atoms with E-state index in [9.17, 15) is 18.0 Å². The maximum atomic E-state index is 12.1. The molecule has 1 aromatic carbocycles. The number of carbonyl (C=O) groups is 1. The number of nitrogens with one attached hydrogen (secondary N) is 1. The standard InChI is InChI=1S/C9H7BrF3NO3S/c10-5-1-2-7(18-14-4-8(15)16)6(3-5)17-9(11,12)13/h1-3,14H,4H2,(H,15,16). The number of carboxylic acid groups (broad SMARTS) is 1. The zero-order valence-corrected chi connectivity index (χ0v) is 11.0. The lowest BCUT2D eigenvalue weighted by Gasteiger charge is -2.13. The van der Waals surface area contributed by atoms with Crippen LogP contribution in [-0.4, -0.2) is 24.0 Å². The molecule has 0 aromatic heterocycles. The Bertz CT molecular complexity index is 442. The third kappa shape index (κ3) is 5.61. The van der Waals surface area contributed by atoms with Crippen LogP contribution in [0.4, 0.5) is 13.2 Å². The van der Waals surface area contributed by atoms with Crippen molar-refractivity contribution in [3.63, 3.8) is 0 Å². The maximum Gasteiger partial charge on any atom is 0.573 e. The van der Waals surface area contributed by atoms with Gasteiger partial charge in [0.2, 0.25) is 0 Å². The summed E-state index contributed by atoms with van der Waals surface area (Å²) in [5.41, 5.74) is 0. The van der Waals surface area contributed by atoms with E-state index in [0.29, 0.717) is 4.47 Å². The Kier molecular flexibility index (Phi) is 5.29. The van der Waals surface area contributed by atoms with Gasteiger partial charge < -0.3 is 9.84 Å². The molecule has 0 saturated heterocycles. The van der Waals surface area contributed by atoms with E-state index in [0.717, 1.165) is 18.0 Å². The Morgan fingerprint density at radius 3 is 2.72 bits per heavy atom. The van der Waals surface area contributed by atoms with Crippen molar-refractivity contribution in [2.45, 2.75) is 11.3 Å². The van der Waals surface area contributed by atoms with Gasteiger partial charge in [0.15, 0.2) is 0 Å². The summed E-state index contributed by atoms with van der Waals surface area (Å²) in [4.78, 5) is 10.4. The molecule has 0 fully saturated rings. The topological polar surface area (TPSA) is 58.6 Å². The third-order valence-electron chi connectivity index (χ3n) is 1.54. The summed E-state index contributed by atoms with van der Waals surface area (Å²) in [6, 6.07) is 4.05. The minimum Gasteiger partial charge on any atom is -0.480 e. The molecule has 0 aliphatic carbocycles. The molecule has 0 radical (unpaired) electrons. The lowest BCUT2D eigenvalue weighted by molar-refractivity contribution is -0.275. The molecular weight excluding hydrogens is 339 g/mol. The molecule has 0 spiro atoms. The summed E-state index contributed by atoms with van der Waals surface area (Å²) in [6.45, 7) is -0.383. The van der Waals surface area contributed by atoms with E-state index in [1.54, 1.807) is 0 Å². The fraction of sp³-hybridized carbons (Fsp3) is 0.222. The molecule has 0 aliphatic heterocycles. The van der Waals surface area contributed by atoms with Crippen molar-refractivity contribution in [2.24, 2.45) is 0 Å². The number of rotatable bonds is 5. The van der Waals surface area contributed by atoms with E-state index in [2.05, 4.69) is 25.4 Å². The SMILES string of the molecule is O=C(O)CNSc1ccc(Br)cc1OC(F)(F)F. The number of alkyl halides is 3. The highest BCUT2D eigenvalue weighted by atomic mass is 79.9. The van der Waals surface area contributed by atoms with E-state index in [-0.39, 0.29) is 11.4 Å². The summed E-state index contributed by atoms with van der Waals surface area (Å²) in [5.74, 6) is -1.52. The molecular formula is C9H7BrF3NO3S. The zero-order valence-electron chi connectivity index (χ0n) is 8.62. The van der Waals surface area contributed by atoms with E-state index < -0.39 is 18.1 Å². The highest BCUT2D eigenvalue weighted by Crippen LogP contribution is 2.34. The second-order valence-corrected chi connectivity index (χ2v) is 4.80. The van der Waals surface area contributed by atoms with Crippen LogP contribution >= 0.6 is 27.9 Å². The highest BCUT2D eigenvalue weighted by molar-refractivity contribution is 9.10. The van der Waals surface area contributed by atoms with Crippen LogP contribution in [0.25, 0.3) is 0 Å². The Morgan fingerprint density at radius 2 is 2.17 bits per heavy atom. The lowest BCUT2D eigenvalue weighted by atomic mass is 10.3. The third-order valence-corrected chi connectivity index (χ3v) is 2.88. The fourth-order valence-electron chi connectivity index (χ4n) is 0.946. The second kappa shape index (κ2) is 6.30. The number of hydrogen-bond donors (Lipinski definition) is 2. The molecule has 1 rings (SSSR count). The van der Waals surface area contributed by atoms with Gasteiger partial charge in [0.25, 0.3) is 0 Å². The van der Waals surface area contributed by atoms with Gasteiger partial charge in [-0.05, 0) is 30.1 Å². The van der Waals surface area contributed by atoms with Gasteiger partial charge in [-0.1, -0.05) is 15.9 Å². The number of hydrogen-bond acceptors (Lipinski definition) is 4. The molecule has 0 bridgehead atoms. The Labute approximate surface area is 113 Å². The normalized spacial score (nSPS) is 11.3. The molecule has 9 heteroatoms. The number of halogens is 4. The van der Waals surface area contributed by atoms with E-state index in [1.807, 2.05) is 0 Å². The van der Waals surface area contributed by atoms with E-state index in [4.69, 9.17) is 5.11 Å². The predicted molar refractivity (Wildman–Crippen MR) is 62.3 cm³/mol. The first-order valence-corrected chi connectivity index (χ1v) is 6.05. The molecule has 0 aliphatic rings. The Hall–Kier alpha value is -0.930. The number of carboxylic acids is 1. The Morgan fingerprint density at radius 1 is 1.50 bits per heavy atom. The first-order chi connectivity index (χ1) is 8.28. The van der Waals surface area contributed by atoms with Crippen molar-refractivity contribution in [1.82, 2.24) is 4.72 Å². The van der Waals surface area contributed by atoms with Gasteiger partial charge >= 0.3 is 12.3 Å². The van der Waals surface area contributed by atoms with Gasteiger partial charge in [0.05, 0.1) is 4.90 Å². The van der Waals surface area contributed by atoms with Crippen LogP contribution < -0.4 is 9.46 Å². The predicted octanol–water partition coefficient (Wildman–Crippen LogP) is 3.03. The van der Waals surface area contributed by atoms with E-state index >= 15 is 0 Å². The zero-order chi connectivity index (χ0) is 13.8. The van der Waals surface area contributed by atoms with Crippen molar-refractivity contribution in [3.8, 4) is 5.75 Å². The van der Waals surface area contributed by atoms with Crippen LogP contribution in [0, 0.1) is 0 Å². The molecule has 0 amide bonds. The quantitative estimate of drug-likeness (QED) is 0.803. The molecule has 1 aromatic rings. The van der Waals surface area contributed by atoms with Crippen molar-refractivity contribution in [2.75, 3.05) is 6.54 Å². The molecule has 0 atom stereocenters.